The largest absolute Gasteiger partial charge is 0.508 e. The third-order valence-electron chi connectivity index (χ3n) is 3.91. The Hall–Kier alpha value is -3.33. The summed E-state index contributed by atoms with van der Waals surface area (Å²) in [5.74, 6) is -0.917. The highest BCUT2D eigenvalue weighted by Gasteiger charge is 2.32. The molecule has 8 nitrogen and oxygen atoms in total. The lowest BCUT2D eigenvalue weighted by molar-refractivity contribution is -0.122. The van der Waals surface area contributed by atoms with E-state index in [2.05, 4.69) is 15.6 Å². The number of amides is 2. The van der Waals surface area contributed by atoms with E-state index in [9.17, 15) is 19.5 Å². The number of nitrogens with one attached hydrogen (secondary N) is 2. The maximum atomic E-state index is 12.3. The van der Waals surface area contributed by atoms with Gasteiger partial charge in [0.25, 0.3) is 0 Å². The number of ether oxygens (including phenoxy) is 1. The Labute approximate surface area is 171 Å². The van der Waals surface area contributed by atoms with Gasteiger partial charge in [-0.15, -0.1) is 0 Å². The van der Waals surface area contributed by atoms with Crippen molar-refractivity contribution in [2.24, 2.45) is 4.99 Å². The molecule has 3 N–H and O–H groups in total. The van der Waals surface area contributed by atoms with Crippen LogP contribution in [0.5, 0.6) is 5.75 Å². The lowest BCUT2D eigenvalue weighted by Crippen LogP contribution is -2.28. The van der Waals surface area contributed by atoms with E-state index < -0.39 is 11.2 Å². The predicted molar refractivity (Wildman–Crippen MR) is 110 cm³/mol. The number of anilines is 1. The standard InChI is InChI=1S/C20H19N3O5S/c1-2-28-19(27)12-3-5-13(6-4-12)21-17(25)11-16-18(26)23-20(29-16)22-14-7-9-15(24)10-8-14/h3-10,16,24H,2,11H2,1H3,(H,21,25)(H,22,23,26). The van der Waals surface area contributed by atoms with Crippen LogP contribution < -0.4 is 10.6 Å². The molecule has 0 aromatic heterocycles. The smallest absolute Gasteiger partial charge is 0.338 e. The monoisotopic (exact) mass is 413 g/mol. The molecule has 3 rings (SSSR count). The van der Waals surface area contributed by atoms with Crippen LogP contribution in [0.15, 0.2) is 53.5 Å². The summed E-state index contributed by atoms with van der Waals surface area (Å²) in [5.41, 5.74) is 1.49. The van der Waals surface area contributed by atoms with E-state index in [0.29, 0.717) is 22.1 Å². The molecule has 1 saturated heterocycles. The van der Waals surface area contributed by atoms with Crippen molar-refractivity contribution in [3.05, 3.63) is 54.1 Å². The Balaban J connectivity index is 1.56. The summed E-state index contributed by atoms with van der Waals surface area (Å²) in [4.78, 5) is 40.3. The lowest BCUT2D eigenvalue weighted by Gasteiger charge is -2.08. The second kappa shape index (κ2) is 9.24. The van der Waals surface area contributed by atoms with Gasteiger partial charge in [0.05, 0.1) is 17.9 Å². The van der Waals surface area contributed by atoms with Gasteiger partial charge in [0, 0.05) is 12.1 Å². The van der Waals surface area contributed by atoms with Crippen molar-refractivity contribution in [3.8, 4) is 5.75 Å². The highest BCUT2D eigenvalue weighted by molar-refractivity contribution is 8.15. The predicted octanol–water partition coefficient (Wildman–Crippen LogP) is 2.82. The van der Waals surface area contributed by atoms with Gasteiger partial charge in [0.2, 0.25) is 11.8 Å². The van der Waals surface area contributed by atoms with E-state index in [1.54, 1.807) is 43.3 Å². The average molecular weight is 413 g/mol. The molecule has 2 aromatic rings. The van der Waals surface area contributed by atoms with Crippen molar-refractivity contribution in [1.29, 1.82) is 0 Å². The molecule has 1 atom stereocenters. The Morgan fingerprint density at radius 2 is 1.86 bits per heavy atom. The zero-order chi connectivity index (χ0) is 20.8. The van der Waals surface area contributed by atoms with Crippen LogP contribution in [0.3, 0.4) is 0 Å². The molecule has 1 heterocycles. The van der Waals surface area contributed by atoms with Crippen LogP contribution in [0.1, 0.15) is 23.7 Å². The zero-order valence-electron chi connectivity index (χ0n) is 15.5. The van der Waals surface area contributed by atoms with Crippen LogP contribution >= 0.6 is 11.8 Å². The van der Waals surface area contributed by atoms with Gasteiger partial charge >= 0.3 is 5.97 Å². The Kier molecular flexibility index (Phi) is 6.50. The minimum absolute atomic E-state index is 0.0231. The van der Waals surface area contributed by atoms with Crippen molar-refractivity contribution < 1.29 is 24.2 Å². The number of hydrogen-bond acceptors (Lipinski definition) is 7. The molecular formula is C20H19N3O5S. The molecule has 29 heavy (non-hydrogen) atoms. The summed E-state index contributed by atoms with van der Waals surface area (Å²) >= 11 is 1.17. The van der Waals surface area contributed by atoms with Gasteiger partial charge in [-0.05, 0) is 55.5 Å². The van der Waals surface area contributed by atoms with E-state index in [1.165, 1.54) is 23.9 Å². The van der Waals surface area contributed by atoms with Gasteiger partial charge < -0.3 is 20.5 Å². The first-order valence-corrected chi connectivity index (χ1v) is 9.75. The van der Waals surface area contributed by atoms with Gasteiger partial charge in [-0.2, -0.15) is 0 Å². The van der Waals surface area contributed by atoms with Crippen LogP contribution in [-0.4, -0.2) is 39.9 Å². The molecule has 1 fully saturated rings. The van der Waals surface area contributed by atoms with Crippen molar-refractivity contribution >= 4 is 46.1 Å². The molecular weight excluding hydrogens is 394 g/mol. The molecule has 150 valence electrons. The van der Waals surface area contributed by atoms with Crippen LogP contribution in [0.4, 0.5) is 11.4 Å². The first-order chi connectivity index (χ1) is 13.9. The quantitative estimate of drug-likeness (QED) is 0.627. The molecule has 0 aliphatic carbocycles. The Bertz CT molecular complexity index is 942. The number of nitrogens with zero attached hydrogens (tertiary/aromatic N) is 1. The summed E-state index contributed by atoms with van der Waals surface area (Å²) in [6.07, 6.45) is -0.0231. The third-order valence-corrected chi connectivity index (χ3v) is 4.99. The molecule has 0 radical (unpaired) electrons. The molecule has 1 unspecified atom stereocenters. The molecule has 2 amide bonds. The average Bonchev–Trinajstić information content (AvgIpc) is 3.03. The second-order valence-corrected chi connectivity index (χ2v) is 7.27. The van der Waals surface area contributed by atoms with Crippen molar-refractivity contribution in [1.82, 2.24) is 5.32 Å². The number of benzene rings is 2. The number of rotatable bonds is 6. The van der Waals surface area contributed by atoms with Crippen molar-refractivity contribution in [3.63, 3.8) is 0 Å². The summed E-state index contributed by atoms with van der Waals surface area (Å²) < 4.78 is 4.91. The number of amidine groups is 1. The second-order valence-electron chi connectivity index (χ2n) is 6.08. The van der Waals surface area contributed by atoms with Gasteiger partial charge in [-0.25, -0.2) is 9.79 Å². The van der Waals surface area contributed by atoms with E-state index >= 15 is 0 Å². The summed E-state index contributed by atoms with van der Waals surface area (Å²) in [6, 6.07) is 12.6. The number of phenolic OH excluding ortho intramolecular Hbond substituents is 1. The van der Waals surface area contributed by atoms with Crippen LogP contribution in [0.2, 0.25) is 0 Å². The summed E-state index contributed by atoms with van der Waals surface area (Å²) in [5, 5.41) is 14.5. The molecule has 1 aliphatic heterocycles. The molecule has 1 aliphatic rings. The molecule has 9 heteroatoms. The normalized spacial score (nSPS) is 17.1. The van der Waals surface area contributed by atoms with Crippen molar-refractivity contribution in [2.75, 3.05) is 11.9 Å². The van der Waals surface area contributed by atoms with Crippen LogP contribution in [0, 0.1) is 0 Å². The Morgan fingerprint density at radius 3 is 2.52 bits per heavy atom. The van der Waals surface area contributed by atoms with Crippen molar-refractivity contribution in [2.45, 2.75) is 18.6 Å². The van der Waals surface area contributed by atoms with E-state index in [0.717, 1.165) is 0 Å². The molecule has 0 bridgehead atoms. The van der Waals surface area contributed by atoms with Gasteiger partial charge in [-0.3, -0.25) is 9.59 Å². The first kappa shape index (κ1) is 20.4. The topological polar surface area (TPSA) is 117 Å². The van der Waals surface area contributed by atoms with E-state index in [1.807, 2.05) is 0 Å². The number of carbonyl (C=O) groups is 3. The van der Waals surface area contributed by atoms with Crippen LogP contribution in [-0.2, 0) is 14.3 Å². The van der Waals surface area contributed by atoms with E-state index in [-0.39, 0.29) is 30.6 Å². The van der Waals surface area contributed by atoms with Gasteiger partial charge in [0.15, 0.2) is 5.17 Å². The minimum atomic E-state index is -0.593. The minimum Gasteiger partial charge on any atom is -0.508 e. The fourth-order valence-electron chi connectivity index (χ4n) is 2.52. The number of esters is 1. The maximum absolute atomic E-state index is 12.3. The van der Waals surface area contributed by atoms with Gasteiger partial charge in [0.1, 0.15) is 11.0 Å². The third kappa shape index (κ3) is 5.58. The number of carbonyl (C=O) groups excluding carboxylic acids is 3. The number of phenols is 1. The number of thioether (sulfide) groups is 1. The fraction of sp³-hybridized carbons (Fsp3) is 0.200. The highest BCUT2D eigenvalue weighted by Crippen LogP contribution is 2.26. The fourth-order valence-corrected chi connectivity index (χ4v) is 3.51. The molecule has 0 saturated carbocycles. The highest BCUT2D eigenvalue weighted by atomic mass is 32.2. The molecule has 0 spiro atoms. The number of aromatic hydroxyl groups is 1. The van der Waals surface area contributed by atoms with E-state index in [4.69, 9.17) is 4.74 Å². The molecule has 2 aromatic carbocycles. The summed E-state index contributed by atoms with van der Waals surface area (Å²) in [7, 11) is 0. The Morgan fingerprint density at radius 1 is 1.17 bits per heavy atom. The van der Waals surface area contributed by atoms with Gasteiger partial charge in [-0.1, -0.05) is 11.8 Å². The number of aliphatic imine (C=N–C) groups is 1. The SMILES string of the molecule is CCOC(=O)c1ccc(NC(=O)CC2SC(=Nc3ccc(O)cc3)NC2=O)cc1. The zero-order valence-corrected chi connectivity index (χ0v) is 16.4. The lowest BCUT2D eigenvalue weighted by atomic mass is 10.2. The maximum Gasteiger partial charge on any atom is 0.338 e. The summed E-state index contributed by atoms with van der Waals surface area (Å²) in [6.45, 7) is 2.01. The first-order valence-electron chi connectivity index (χ1n) is 8.87. The number of hydrogen-bond donors (Lipinski definition) is 3. The van der Waals surface area contributed by atoms with Crippen LogP contribution in [0.25, 0.3) is 0 Å².